The minimum atomic E-state index is -0.839. The smallest absolute Gasteiger partial charge is 0.203 e. The molecule has 0 unspecified atom stereocenters. The van der Waals surface area contributed by atoms with Crippen molar-refractivity contribution >= 4 is 22.2 Å². The molecule has 1 saturated carbocycles. The number of rotatable bonds is 7. The van der Waals surface area contributed by atoms with Crippen LogP contribution >= 0.6 is 11.3 Å². The Labute approximate surface area is 236 Å². The minimum Gasteiger partial charge on any atom is -0.397 e. The molecule has 5 nitrogen and oxygen atoms in total. The first kappa shape index (κ1) is 28.7. The highest BCUT2D eigenvalue weighted by Gasteiger charge is 2.44. The van der Waals surface area contributed by atoms with Crippen molar-refractivity contribution < 1.29 is 10.2 Å². The van der Waals surface area contributed by atoms with Crippen molar-refractivity contribution in [3.8, 4) is 0 Å². The van der Waals surface area contributed by atoms with Gasteiger partial charge in [-0.05, 0) is 68.2 Å². The normalized spacial score (nSPS) is 19.5. The highest BCUT2D eigenvalue weighted by molar-refractivity contribution is 7.13. The molecule has 1 heterocycles. The SMILES string of the molecule is CCO.Cc1cc(C)c(C2(C)CC(c3csc(N/N=C(/c4ccccc4)[C@@H](O)c4ccccc4)n3)C2)c(C)c1. The van der Waals surface area contributed by atoms with Gasteiger partial charge >= 0.3 is 0 Å². The van der Waals surface area contributed by atoms with E-state index in [4.69, 9.17) is 10.1 Å². The van der Waals surface area contributed by atoms with Gasteiger partial charge in [0.25, 0.3) is 0 Å². The number of hydrogen-bond acceptors (Lipinski definition) is 6. The molecule has 204 valence electrons. The van der Waals surface area contributed by atoms with E-state index >= 15 is 0 Å². The van der Waals surface area contributed by atoms with Crippen molar-refractivity contribution in [2.75, 3.05) is 12.0 Å². The van der Waals surface area contributed by atoms with Gasteiger partial charge in [0.2, 0.25) is 5.13 Å². The van der Waals surface area contributed by atoms with Crippen LogP contribution in [0.3, 0.4) is 0 Å². The average Bonchev–Trinajstić information content (AvgIpc) is 3.37. The van der Waals surface area contributed by atoms with Gasteiger partial charge in [0.15, 0.2) is 0 Å². The second kappa shape index (κ2) is 12.7. The molecular weight excluding hydrogens is 502 g/mol. The Hall–Kier alpha value is -3.32. The number of aromatic nitrogens is 1. The highest BCUT2D eigenvalue weighted by Crippen LogP contribution is 2.54. The standard InChI is InChI=1S/C31H33N3OS.C2H6O/c1-20-15-21(2)27(22(3)16-20)31(4)17-25(18-31)26-19-36-30(32-26)34-33-28(23-11-7-5-8-12-23)29(35)24-13-9-6-10-14-24;1-2-3/h5-16,19,25,29,35H,17-18H2,1-4H3,(H,32,34);3H,2H2,1H3/b33-28-;/t25?,29-,31?;/m0./s1. The molecule has 1 aliphatic rings. The summed E-state index contributed by atoms with van der Waals surface area (Å²) in [6, 6.07) is 24.0. The maximum Gasteiger partial charge on any atom is 0.203 e. The summed E-state index contributed by atoms with van der Waals surface area (Å²) >= 11 is 1.57. The third-order valence-electron chi connectivity index (χ3n) is 7.33. The zero-order valence-corrected chi connectivity index (χ0v) is 24.3. The molecule has 0 amide bonds. The van der Waals surface area contributed by atoms with Crippen LogP contribution in [0.4, 0.5) is 5.13 Å². The lowest BCUT2D eigenvalue weighted by atomic mass is 9.57. The van der Waals surface area contributed by atoms with Crippen LogP contribution in [0, 0.1) is 20.8 Å². The predicted octanol–water partition coefficient (Wildman–Crippen LogP) is 7.45. The van der Waals surface area contributed by atoms with E-state index in [1.165, 1.54) is 22.3 Å². The molecule has 0 bridgehead atoms. The highest BCUT2D eigenvalue weighted by atomic mass is 32.1. The van der Waals surface area contributed by atoms with Gasteiger partial charge in [-0.2, -0.15) is 5.10 Å². The molecule has 6 heteroatoms. The summed E-state index contributed by atoms with van der Waals surface area (Å²) in [5.74, 6) is 0.453. The molecule has 39 heavy (non-hydrogen) atoms. The lowest BCUT2D eigenvalue weighted by molar-refractivity contribution is 0.220. The number of aliphatic hydroxyl groups is 2. The molecule has 4 aromatic rings. The number of aliphatic hydroxyl groups excluding tert-OH is 2. The molecule has 0 aliphatic heterocycles. The molecule has 3 N–H and O–H groups in total. The van der Waals surface area contributed by atoms with Crippen LogP contribution in [0.2, 0.25) is 0 Å². The van der Waals surface area contributed by atoms with Crippen LogP contribution in [0.5, 0.6) is 0 Å². The second-order valence-corrected chi connectivity index (χ2v) is 11.5. The van der Waals surface area contributed by atoms with Gasteiger partial charge < -0.3 is 10.2 Å². The Morgan fingerprint density at radius 2 is 1.59 bits per heavy atom. The van der Waals surface area contributed by atoms with Gasteiger partial charge in [-0.15, -0.1) is 11.3 Å². The number of hydrazone groups is 1. The minimum absolute atomic E-state index is 0.197. The Balaban J connectivity index is 0.00000112. The summed E-state index contributed by atoms with van der Waals surface area (Å²) in [7, 11) is 0. The van der Waals surface area contributed by atoms with Gasteiger partial charge in [0, 0.05) is 23.5 Å². The lowest BCUT2D eigenvalue weighted by Crippen LogP contribution is -2.38. The number of aryl methyl sites for hydroxylation is 3. The first-order chi connectivity index (χ1) is 18.8. The van der Waals surface area contributed by atoms with E-state index in [0.717, 1.165) is 34.8 Å². The molecule has 1 fully saturated rings. The number of anilines is 1. The van der Waals surface area contributed by atoms with E-state index in [9.17, 15) is 5.11 Å². The molecule has 1 aromatic heterocycles. The largest absolute Gasteiger partial charge is 0.397 e. The Bertz CT molecular complexity index is 1370. The Morgan fingerprint density at radius 1 is 1.03 bits per heavy atom. The zero-order chi connectivity index (χ0) is 28.0. The topological polar surface area (TPSA) is 77.7 Å². The van der Waals surface area contributed by atoms with Crippen molar-refractivity contribution in [2.45, 2.75) is 64.9 Å². The van der Waals surface area contributed by atoms with E-state index in [-0.39, 0.29) is 12.0 Å². The fourth-order valence-corrected chi connectivity index (χ4v) is 6.63. The molecule has 1 aliphatic carbocycles. The van der Waals surface area contributed by atoms with Crippen LogP contribution in [0.1, 0.15) is 77.8 Å². The van der Waals surface area contributed by atoms with Gasteiger partial charge in [-0.1, -0.05) is 85.3 Å². The van der Waals surface area contributed by atoms with Gasteiger partial charge in [-0.25, -0.2) is 4.98 Å². The van der Waals surface area contributed by atoms with Crippen LogP contribution in [0.15, 0.2) is 83.3 Å². The summed E-state index contributed by atoms with van der Waals surface area (Å²) in [5, 5.41) is 26.2. The maximum atomic E-state index is 11.1. The fraction of sp³-hybridized carbons (Fsp3) is 0.333. The van der Waals surface area contributed by atoms with Crippen LogP contribution in [-0.4, -0.2) is 27.5 Å². The molecule has 0 saturated heterocycles. The van der Waals surface area contributed by atoms with E-state index < -0.39 is 6.10 Å². The van der Waals surface area contributed by atoms with E-state index in [1.54, 1.807) is 18.3 Å². The third-order valence-corrected chi connectivity index (χ3v) is 8.10. The van der Waals surface area contributed by atoms with Crippen LogP contribution in [0.25, 0.3) is 0 Å². The van der Waals surface area contributed by atoms with Crippen molar-refractivity contribution in [3.63, 3.8) is 0 Å². The number of benzene rings is 3. The van der Waals surface area contributed by atoms with Crippen LogP contribution in [-0.2, 0) is 5.41 Å². The molecular formula is C33H39N3O2S. The van der Waals surface area contributed by atoms with Gasteiger partial charge in [0.05, 0.1) is 5.69 Å². The summed E-state index contributed by atoms with van der Waals surface area (Å²) in [6.07, 6.45) is 1.37. The molecule has 0 radical (unpaired) electrons. The van der Waals surface area contributed by atoms with Crippen molar-refractivity contribution in [3.05, 3.63) is 117 Å². The Kier molecular flexibility index (Phi) is 9.33. The summed E-state index contributed by atoms with van der Waals surface area (Å²) in [4.78, 5) is 4.87. The van der Waals surface area contributed by atoms with Crippen molar-refractivity contribution in [2.24, 2.45) is 5.10 Å². The van der Waals surface area contributed by atoms with Crippen LogP contribution < -0.4 is 5.43 Å². The van der Waals surface area contributed by atoms with E-state index in [1.807, 2.05) is 60.7 Å². The molecule has 3 aromatic carbocycles. The fourth-order valence-electron chi connectivity index (χ4n) is 5.89. The van der Waals surface area contributed by atoms with Gasteiger partial charge in [-0.3, -0.25) is 5.43 Å². The quantitative estimate of drug-likeness (QED) is 0.168. The van der Waals surface area contributed by atoms with Gasteiger partial charge in [0.1, 0.15) is 11.8 Å². The third kappa shape index (κ3) is 6.64. The number of hydrogen-bond donors (Lipinski definition) is 3. The van der Waals surface area contributed by atoms with E-state index in [0.29, 0.717) is 11.6 Å². The molecule has 1 atom stereocenters. The molecule has 5 rings (SSSR count). The first-order valence-electron chi connectivity index (χ1n) is 13.5. The number of nitrogens with zero attached hydrogens (tertiary/aromatic N) is 2. The monoisotopic (exact) mass is 541 g/mol. The van der Waals surface area contributed by atoms with Crippen molar-refractivity contribution in [1.29, 1.82) is 0 Å². The first-order valence-corrected chi connectivity index (χ1v) is 14.4. The zero-order valence-electron chi connectivity index (χ0n) is 23.5. The maximum absolute atomic E-state index is 11.1. The second-order valence-electron chi connectivity index (χ2n) is 10.6. The van der Waals surface area contributed by atoms with E-state index in [2.05, 4.69) is 55.7 Å². The average molecular weight is 542 g/mol. The summed E-state index contributed by atoms with van der Waals surface area (Å²) in [5.41, 5.74) is 12.3. The number of thiazole rings is 1. The Morgan fingerprint density at radius 3 is 2.18 bits per heavy atom. The van der Waals surface area contributed by atoms with Crippen molar-refractivity contribution in [1.82, 2.24) is 4.98 Å². The molecule has 0 spiro atoms. The predicted molar refractivity (Wildman–Crippen MR) is 163 cm³/mol. The summed E-state index contributed by atoms with van der Waals surface area (Å²) < 4.78 is 0. The lowest BCUT2D eigenvalue weighted by Gasteiger charge is -2.47. The summed E-state index contributed by atoms with van der Waals surface area (Å²) in [6.45, 7) is 11.0. The number of nitrogens with one attached hydrogen (secondary N) is 1.